The van der Waals surface area contributed by atoms with Crippen LogP contribution in [-0.4, -0.2) is 12.4 Å². The highest BCUT2D eigenvalue weighted by Gasteiger charge is 2.23. The summed E-state index contributed by atoms with van der Waals surface area (Å²) in [6.45, 7) is 0.220. The Balaban J connectivity index is 1.99. The third-order valence-electron chi connectivity index (χ3n) is 3.13. The molecule has 0 radical (unpaired) electrons. The number of ketones is 1. The summed E-state index contributed by atoms with van der Waals surface area (Å²) in [7, 11) is 0. The summed E-state index contributed by atoms with van der Waals surface area (Å²) < 4.78 is 9.06. The van der Waals surface area contributed by atoms with Crippen LogP contribution in [0.1, 0.15) is 25.7 Å². The second kappa shape index (κ2) is 7.05. The van der Waals surface area contributed by atoms with E-state index in [9.17, 15) is 4.79 Å². The van der Waals surface area contributed by atoms with Gasteiger partial charge in [0.15, 0.2) is 5.78 Å². The summed E-state index contributed by atoms with van der Waals surface area (Å²) in [6, 6.07) is 4.14. The molecule has 0 spiro atoms. The van der Waals surface area contributed by atoms with E-state index in [-0.39, 0.29) is 18.3 Å². The van der Waals surface area contributed by atoms with Crippen molar-refractivity contribution in [3.63, 3.8) is 0 Å². The molecule has 0 N–H and O–H groups in total. The molecule has 0 aliphatic heterocycles. The smallest absolute Gasteiger partial charge is 0.173 e. The zero-order valence-electron chi connectivity index (χ0n) is 9.72. The third-order valence-corrected chi connectivity index (χ3v) is 5.36. The van der Waals surface area contributed by atoms with E-state index >= 15 is 0 Å². The standard InChI is InChI=1S/C13H13I3O2/c14-9-5-10(15)13(11(16)6-9)18-7-12(17)8-3-1-2-4-8/h5-6,8H,1-4,7H2. The highest BCUT2D eigenvalue weighted by atomic mass is 127. The van der Waals surface area contributed by atoms with Crippen LogP contribution in [0.4, 0.5) is 0 Å². The summed E-state index contributed by atoms with van der Waals surface area (Å²) in [4.78, 5) is 12.0. The van der Waals surface area contributed by atoms with Crippen molar-refractivity contribution in [2.24, 2.45) is 5.92 Å². The Morgan fingerprint density at radius 3 is 2.28 bits per heavy atom. The first-order chi connectivity index (χ1) is 8.58. The SMILES string of the molecule is O=C(COc1c(I)cc(I)cc1I)C1CCCC1. The van der Waals surface area contributed by atoms with E-state index in [1.807, 2.05) is 0 Å². The number of halogens is 3. The average Bonchev–Trinajstić information content (AvgIpc) is 2.80. The normalized spacial score (nSPS) is 15.9. The van der Waals surface area contributed by atoms with E-state index in [0.717, 1.165) is 25.7 Å². The van der Waals surface area contributed by atoms with E-state index < -0.39 is 0 Å². The van der Waals surface area contributed by atoms with E-state index in [0.29, 0.717) is 0 Å². The molecule has 1 saturated carbocycles. The second-order valence-corrected chi connectivity index (χ2v) is 8.00. The maximum absolute atomic E-state index is 12.0. The Hall–Kier alpha value is 0.880. The van der Waals surface area contributed by atoms with Crippen molar-refractivity contribution in [2.45, 2.75) is 25.7 Å². The van der Waals surface area contributed by atoms with Gasteiger partial charge in [-0.15, -0.1) is 0 Å². The zero-order chi connectivity index (χ0) is 13.1. The first kappa shape index (κ1) is 15.3. The number of rotatable bonds is 4. The van der Waals surface area contributed by atoms with Gasteiger partial charge in [0.25, 0.3) is 0 Å². The first-order valence-corrected chi connectivity index (χ1v) is 9.11. The van der Waals surface area contributed by atoms with Gasteiger partial charge >= 0.3 is 0 Å². The zero-order valence-corrected chi connectivity index (χ0v) is 16.2. The van der Waals surface area contributed by atoms with Crippen molar-refractivity contribution in [1.82, 2.24) is 0 Å². The number of carbonyl (C=O) groups excluding carboxylic acids is 1. The van der Waals surface area contributed by atoms with E-state index in [2.05, 4.69) is 79.9 Å². The molecule has 1 aromatic rings. The molecule has 1 fully saturated rings. The lowest BCUT2D eigenvalue weighted by atomic mass is 10.0. The summed E-state index contributed by atoms with van der Waals surface area (Å²) in [5.74, 6) is 1.35. The third kappa shape index (κ3) is 3.94. The number of hydrogen-bond acceptors (Lipinski definition) is 2. The summed E-state index contributed by atoms with van der Waals surface area (Å²) in [6.07, 6.45) is 4.47. The Morgan fingerprint density at radius 2 is 1.72 bits per heavy atom. The van der Waals surface area contributed by atoms with Crippen molar-refractivity contribution >= 4 is 73.6 Å². The van der Waals surface area contributed by atoms with Crippen LogP contribution in [0.3, 0.4) is 0 Å². The fourth-order valence-corrected chi connectivity index (χ4v) is 6.07. The highest BCUT2D eigenvalue weighted by Crippen LogP contribution is 2.30. The van der Waals surface area contributed by atoms with Crippen LogP contribution in [0.2, 0.25) is 0 Å². The van der Waals surface area contributed by atoms with Crippen molar-refractivity contribution in [3.05, 3.63) is 22.8 Å². The number of benzene rings is 1. The second-order valence-electron chi connectivity index (χ2n) is 4.43. The van der Waals surface area contributed by atoms with Gasteiger partial charge in [-0.3, -0.25) is 4.79 Å². The molecule has 0 bridgehead atoms. The molecule has 0 heterocycles. The van der Waals surface area contributed by atoms with Crippen molar-refractivity contribution in [1.29, 1.82) is 0 Å². The molecule has 1 aromatic carbocycles. The van der Waals surface area contributed by atoms with Gasteiger partial charge in [-0.25, -0.2) is 0 Å². The van der Waals surface area contributed by atoms with Crippen LogP contribution in [0, 0.1) is 16.6 Å². The number of Topliss-reactive ketones (excluding diaryl/α,β-unsaturated/α-hetero) is 1. The largest absolute Gasteiger partial charge is 0.484 e. The van der Waals surface area contributed by atoms with Crippen LogP contribution >= 0.6 is 67.8 Å². The number of hydrogen-bond donors (Lipinski definition) is 0. The lowest BCUT2D eigenvalue weighted by molar-refractivity contribution is -0.124. The molecular formula is C13H13I3O2. The molecule has 5 heteroatoms. The van der Waals surface area contributed by atoms with E-state index in [4.69, 9.17) is 4.74 Å². The average molecular weight is 582 g/mol. The van der Waals surface area contributed by atoms with Crippen molar-refractivity contribution in [3.8, 4) is 5.75 Å². The number of carbonyl (C=O) groups is 1. The number of ether oxygens (including phenoxy) is 1. The lowest BCUT2D eigenvalue weighted by Crippen LogP contribution is -2.19. The van der Waals surface area contributed by atoms with Crippen LogP contribution in [0.15, 0.2) is 12.1 Å². The molecule has 0 unspecified atom stereocenters. The molecular weight excluding hydrogens is 569 g/mol. The molecule has 2 nitrogen and oxygen atoms in total. The van der Waals surface area contributed by atoms with Crippen LogP contribution in [0.25, 0.3) is 0 Å². The molecule has 0 amide bonds. The Bertz CT molecular complexity index is 431. The van der Waals surface area contributed by atoms with Gasteiger partial charge < -0.3 is 4.74 Å². The minimum absolute atomic E-state index is 0.220. The summed E-state index contributed by atoms with van der Waals surface area (Å²) in [5, 5.41) is 0. The molecule has 18 heavy (non-hydrogen) atoms. The monoisotopic (exact) mass is 582 g/mol. The van der Waals surface area contributed by atoms with Gasteiger partial charge in [-0.2, -0.15) is 0 Å². The van der Waals surface area contributed by atoms with Gasteiger partial charge in [0.2, 0.25) is 0 Å². The first-order valence-electron chi connectivity index (χ1n) is 5.88. The topological polar surface area (TPSA) is 26.3 Å². The minimum atomic E-state index is 0.220. The van der Waals surface area contributed by atoms with Gasteiger partial charge in [0, 0.05) is 9.49 Å². The van der Waals surface area contributed by atoms with E-state index in [1.165, 1.54) is 16.4 Å². The molecule has 0 atom stereocenters. The molecule has 0 saturated heterocycles. The molecule has 0 aromatic heterocycles. The lowest BCUT2D eigenvalue weighted by Gasteiger charge is -2.12. The Kier molecular flexibility index (Phi) is 5.98. The molecule has 98 valence electrons. The van der Waals surface area contributed by atoms with Gasteiger partial charge in [-0.05, 0) is 92.7 Å². The van der Waals surface area contributed by atoms with Crippen molar-refractivity contribution in [2.75, 3.05) is 6.61 Å². The predicted octanol–water partition coefficient (Wildman–Crippen LogP) is 4.64. The molecule has 2 rings (SSSR count). The minimum Gasteiger partial charge on any atom is -0.484 e. The van der Waals surface area contributed by atoms with E-state index in [1.54, 1.807) is 0 Å². The molecule has 1 aliphatic carbocycles. The highest BCUT2D eigenvalue weighted by molar-refractivity contribution is 14.1. The maximum atomic E-state index is 12.0. The van der Waals surface area contributed by atoms with Crippen LogP contribution < -0.4 is 4.74 Å². The van der Waals surface area contributed by atoms with Crippen LogP contribution in [0.5, 0.6) is 5.75 Å². The maximum Gasteiger partial charge on any atom is 0.173 e. The van der Waals surface area contributed by atoms with Crippen molar-refractivity contribution < 1.29 is 9.53 Å². The fourth-order valence-electron chi connectivity index (χ4n) is 2.18. The Morgan fingerprint density at radius 1 is 1.17 bits per heavy atom. The van der Waals surface area contributed by atoms with Crippen LogP contribution in [-0.2, 0) is 4.79 Å². The molecule has 1 aliphatic rings. The predicted molar refractivity (Wildman–Crippen MR) is 97.1 cm³/mol. The fraction of sp³-hybridized carbons (Fsp3) is 0.462. The Labute approximate surface area is 148 Å². The quantitative estimate of drug-likeness (QED) is 0.485. The van der Waals surface area contributed by atoms with Gasteiger partial charge in [0.05, 0.1) is 7.14 Å². The summed E-state index contributed by atoms with van der Waals surface area (Å²) in [5.41, 5.74) is 0. The summed E-state index contributed by atoms with van der Waals surface area (Å²) >= 11 is 6.81. The van der Waals surface area contributed by atoms with Gasteiger partial charge in [-0.1, -0.05) is 12.8 Å². The van der Waals surface area contributed by atoms with Gasteiger partial charge in [0.1, 0.15) is 12.4 Å².